The maximum atomic E-state index is 11.9. The average Bonchev–Trinajstić information content (AvgIpc) is 2.72. The van der Waals surface area contributed by atoms with E-state index in [0.717, 1.165) is 18.8 Å². The molecule has 0 radical (unpaired) electrons. The third-order valence-electron chi connectivity index (χ3n) is 4.55. The van der Waals surface area contributed by atoms with Crippen LogP contribution in [-0.2, 0) is 9.53 Å². The highest BCUT2D eigenvalue weighted by Gasteiger charge is 2.27. The second kappa shape index (κ2) is 12.1. The number of carbonyl (C=O) groups excluding carboxylic acids is 1. The van der Waals surface area contributed by atoms with E-state index in [2.05, 4.69) is 15.2 Å². The van der Waals surface area contributed by atoms with Crippen molar-refractivity contribution < 1.29 is 19.4 Å². The molecule has 2 rings (SSSR count). The third-order valence-corrected chi connectivity index (χ3v) is 5.35. The molecule has 162 valence electrons. The van der Waals surface area contributed by atoms with Gasteiger partial charge in [-0.1, -0.05) is 29.3 Å². The molecule has 0 bridgehead atoms. The van der Waals surface area contributed by atoms with Crippen LogP contribution in [0.5, 0.6) is 5.75 Å². The molecule has 0 spiro atoms. The highest BCUT2D eigenvalue weighted by Crippen LogP contribution is 2.31. The smallest absolute Gasteiger partial charge is 0.309 e. The van der Waals surface area contributed by atoms with Gasteiger partial charge in [-0.15, -0.1) is 0 Å². The van der Waals surface area contributed by atoms with E-state index < -0.39 is 6.10 Å². The lowest BCUT2D eigenvalue weighted by Crippen LogP contribution is -2.47. The molecule has 7 nitrogen and oxygen atoms in total. The van der Waals surface area contributed by atoms with Crippen molar-refractivity contribution in [2.45, 2.75) is 32.8 Å². The van der Waals surface area contributed by atoms with Crippen molar-refractivity contribution >= 4 is 35.1 Å². The fourth-order valence-corrected chi connectivity index (χ4v) is 3.39. The number of hydrogen-bond acceptors (Lipinski definition) is 5. The van der Waals surface area contributed by atoms with Gasteiger partial charge in [-0.2, -0.15) is 0 Å². The minimum absolute atomic E-state index is 0.0495. The fourth-order valence-electron chi connectivity index (χ4n) is 3.04. The summed E-state index contributed by atoms with van der Waals surface area (Å²) in [5.41, 5.74) is 0. The molecular weight excluding hydrogens is 417 g/mol. The molecule has 1 aromatic rings. The Morgan fingerprint density at radius 3 is 2.72 bits per heavy atom. The topological polar surface area (TPSA) is 83.4 Å². The van der Waals surface area contributed by atoms with Crippen LogP contribution in [0.25, 0.3) is 0 Å². The number of ether oxygens (including phenoxy) is 2. The summed E-state index contributed by atoms with van der Waals surface area (Å²) >= 11 is 12.0. The molecule has 2 N–H and O–H groups in total. The van der Waals surface area contributed by atoms with Crippen molar-refractivity contribution in [3.63, 3.8) is 0 Å². The first-order valence-corrected chi connectivity index (χ1v) is 10.7. The first kappa shape index (κ1) is 23.6. The first-order valence-electron chi connectivity index (χ1n) is 9.91. The molecule has 0 saturated carbocycles. The summed E-state index contributed by atoms with van der Waals surface area (Å²) in [6.45, 7) is 6.57. The number of esters is 1. The summed E-state index contributed by atoms with van der Waals surface area (Å²) in [5.74, 6) is 0.960. The van der Waals surface area contributed by atoms with Gasteiger partial charge in [0.25, 0.3) is 0 Å². The van der Waals surface area contributed by atoms with Gasteiger partial charge in [0.05, 0.1) is 24.1 Å². The van der Waals surface area contributed by atoms with Gasteiger partial charge in [0.1, 0.15) is 23.5 Å². The Kier molecular flexibility index (Phi) is 9.84. The summed E-state index contributed by atoms with van der Waals surface area (Å²) in [6.07, 6.45) is 0.653. The van der Waals surface area contributed by atoms with Crippen LogP contribution < -0.4 is 10.1 Å². The van der Waals surface area contributed by atoms with Gasteiger partial charge in [0, 0.05) is 19.6 Å². The number of aliphatic hydroxyl groups is 1. The Morgan fingerprint density at radius 2 is 2.07 bits per heavy atom. The summed E-state index contributed by atoms with van der Waals surface area (Å²) in [5, 5.41) is 14.2. The molecule has 1 aliphatic rings. The van der Waals surface area contributed by atoms with E-state index >= 15 is 0 Å². The molecular formula is C20H29Cl2N3O4. The van der Waals surface area contributed by atoms with Gasteiger partial charge >= 0.3 is 5.97 Å². The average molecular weight is 446 g/mol. The third kappa shape index (κ3) is 7.24. The van der Waals surface area contributed by atoms with Crippen LogP contribution in [0.4, 0.5) is 0 Å². The second-order valence-electron chi connectivity index (χ2n) is 6.72. The molecule has 0 amide bonds. The first-order chi connectivity index (χ1) is 14.0. The molecule has 1 fully saturated rings. The molecule has 1 saturated heterocycles. The second-order valence-corrected chi connectivity index (χ2v) is 7.51. The van der Waals surface area contributed by atoms with Crippen molar-refractivity contribution in [2.24, 2.45) is 10.9 Å². The standard InChI is InChI=1S/C20H29Cl2N3O4/c1-3-23-20(25-10-8-14(9-11-25)19(27)28-4-2)24-12-15(26)13-29-17-7-5-6-16(21)18(17)22/h5-7,14-15,26H,3-4,8-13H2,1-2H3,(H,23,24). The van der Waals surface area contributed by atoms with E-state index in [0.29, 0.717) is 42.0 Å². The van der Waals surface area contributed by atoms with Gasteiger partial charge in [0.15, 0.2) is 5.96 Å². The lowest BCUT2D eigenvalue weighted by molar-refractivity contribution is -0.149. The maximum absolute atomic E-state index is 11.9. The number of aliphatic hydroxyl groups excluding tert-OH is 1. The number of likely N-dealkylation sites (tertiary alicyclic amines) is 1. The monoisotopic (exact) mass is 445 g/mol. The normalized spacial score (nSPS) is 16.4. The van der Waals surface area contributed by atoms with Crippen molar-refractivity contribution in [3.05, 3.63) is 28.2 Å². The van der Waals surface area contributed by atoms with E-state index in [1.807, 2.05) is 13.8 Å². The number of benzene rings is 1. The van der Waals surface area contributed by atoms with E-state index in [1.54, 1.807) is 18.2 Å². The predicted octanol–water partition coefficient (Wildman–Crippen LogP) is 2.97. The van der Waals surface area contributed by atoms with Crippen molar-refractivity contribution in [1.29, 1.82) is 0 Å². The number of aliphatic imine (C=N–C) groups is 1. The summed E-state index contributed by atoms with van der Waals surface area (Å²) < 4.78 is 10.7. The van der Waals surface area contributed by atoms with Crippen LogP contribution in [0.1, 0.15) is 26.7 Å². The number of guanidine groups is 1. The highest BCUT2D eigenvalue weighted by molar-refractivity contribution is 6.42. The van der Waals surface area contributed by atoms with Crippen LogP contribution in [0.3, 0.4) is 0 Å². The van der Waals surface area contributed by atoms with Crippen LogP contribution in [-0.4, -0.2) is 67.4 Å². The van der Waals surface area contributed by atoms with Gasteiger partial charge in [-0.3, -0.25) is 9.79 Å². The quantitative estimate of drug-likeness (QED) is 0.363. The zero-order valence-corrected chi connectivity index (χ0v) is 18.4. The molecule has 1 unspecified atom stereocenters. The fraction of sp³-hybridized carbons (Fsp3) is 0.600. The highest BCUT2D eigenvalue weighted by atomic mass is 35.5. The maximum Gasteiger partial charge on any atom is 0.309 e. The molecule has 0 aromatic heterocycles. The molecule has 0 aliphatic carbocycles. The Hall–Kier alpha value is -1.70. The van der Waals surface area contributed by atoms with Crippen molar-refractivity contribution in [1.82, 2.24) is 10.2 Å². The summed E-state index contributed by atoms with van der Waals surface area (Å²) in [4.78, 5) is 18.5. The number of nitrogens with zero attached hydrogens (tertiary/aromatic N) is 2. The lowest BCUT2D eigenvalue weighted by Gasteiger charge is -2.33. The van der Waals surface area contributed by atoms with Gasteiger partial charge in [-0.05, 0) is 38.8 Å². The van der Waals surface area contributed by atoms with Gasteiger partial charge in [0.2, 0.25) is 0 Å². The minimum Gasteiger partial charge on any atom is -0.489 e. The number of rotatable bonds is 8. The van der Waals surface area contributed by atoms with Crippen LogP contribution >= 0.6 is 23.2 Å². The zero-order chi connectivity index (χ0) is 21.2. The Bertz CT molecular complexity index is 694. The number of hydrogen-bond donors (Lipinski definition) is 2. The van der Waals surface area contributed by atoms with Crippen LogP contribution in [0, 0.1) is 5.92 Å². The van der Waals surface area contributed by atoms with E-state index in [1.165, 1.54) is 0 Å². The van der Waals surface area contributed by atoms with Crippen molar-refractivity contribution in [3.8, 4) is 5.75 Å². The summed E-state index contributed by atoms with van der Waals surface area (Å²) in [7, 11) is 0. The molecule has 1 aliphatic heterocycles. The lowest BCUT2D eigenvalue weighted by atomic mass is 9.97. The molecule has 1 aromatic carbocycles. The number of halogens is 2. The molecule has 9 heteroatoms. The predicted molar refractivity (Wildman–Crippen MR) is 115 cm³/mol. The number of piperidine rings is 1. The molecule has 1 atom stereocenters. The number of carbonyl (C=O) groups is 1. The van der Waals surface area contributed by atoms with Crippen molar-refractivity contribution in [2.75, 3.05) is 39.4 Å². The SMILES string of the molecule is CCNC(=NCC(O)COc1cccc(Cl)c1Cl)N1CCC(C(=O)OCC)CC1. The van der Waals surface area contributed by atoms with Crippen LogP contribution in [0.15, 0.2) is 23.2 Å². The van der Waals surface area contributed by atoms with Gasteiger partial charge in [-0.25, -0.2) is 0 Å². The zero-order valence-electron chi connectivity index (χ0n) is 16.9. The summed E-state index contributed by atoms with van der Waals surface area (Å²) in [6, 6.07) is 5.10. The Morgan fingerprint density at radius 1 is 1.34 bits per heavy atom. The Labute approximate surface area is 182 Å². The largest absolute Gasteiger partial charge is 0.489 e. The van der Waals surface area contributed by atoms with E-state index in [4.69, 9.17) is 32.7 Å². The molecule has 29 heavy (non-hydrogen) atoms. The van der Waals surface area contributed by atoms with E-state index in [-0.39, 0.29) is 25.0 Å². The van der Waals surface area contributed by atoms with E-state index in [9.17, 15) is 9.90 Å². The number of nitrogens with one attached hydrogen (secondary N) is 1. The molecule has 1 heterocycles. The Balaban J connectivity index is 1.86. The van der Waals surface area contributed by atoms with Crippen LogP contribution in [0.2, 0.25) is 10.0 Å². The van der Waals surface area contributed by atoms with Gasteiger partial charge < -0.3 is 24.8 Å². The minimum atomic E-state index is -0.796.